The van der Waals surface area contributed by atoms with E-state index in [0.29, 0.717) is 26.8 Å². The van der Waals surface area contributed by atoms with Crippen molar-refractivity contribution in [1.82, 2.24) is 4.98 Å². The number of thiazole rings is 1. The van der Waals surface area contributed by atoms with Crippen molar-refractivity contribution in [3.8, 4) is 0 Å². The Balaban J connectivity index is 1.53. The van der Waals surface area contributed by atoms with Gasteiger partial charge in [0, 0.05) is 21.7 Å². The second-order valence-electron chi connectivity index (χ2n) is 6.26. The molecule has 0 fully saturated rings. The molecule has 1 heterocycles. The Labute approximate surface area is 170 Å². The molecule has 0 aliphatic rings. The predicted octanol–water partition coefficient (Wildman–Crippen LogP) is 5.74. The molecule has 0 atom stereocenters. The van der Waals surface area contributed by atoms with E-state index in [0.717, 1.165) is 15.8 Å². The summed E-state index contributed by atoms with van der Waals surface area (Å²) < 4.78 is 0.959. The fourth-order valence-electron chi connectivity index (χ4n) is 2.85. The van der Waals surface area contributed by atoms with Crippen LogP contribution in [-0.2, 0) is 0 Å². The number of amides is 1. The molecule has 0 aliphatic carbocycles. The first-order valence-corrected chi connectivity index (χ1v) is 9.79. The molecule has 0 aliphatic heterocycles. The number of nitrogens with zero attached hydrogens (tertiary/aromatic N) is 1. The third-order valence-corrected chi connectivity index (χ3v) is 5.76. The monoisotopic (exact) mass is 406 g/mol. The van der Waals surface area contributed by atoms with Crippen LogP contribution in [0.3, 0.4) is 0 Å². The molecule has 138 valence electrons. The number of aryl methyl sites for hydroxylation is 1. The molecular weight excluding hydrogens is 392 g/mol. The number of nitrogens with one attached hydrogen (secondary N) is 1. The maximum Gasteiger partial charge on any atom is 0.257 e. The quantitative estimate of drug-likeness (QED) is 0.439. The van der Waals surface area contributed by atoms with Gasteiger partial charge in [0.15, 0.2) is 10.9 Å². The molecule has 0 saturated carbocycles. The molecule has 4 aromatic rings. The van der Waals surface area contributed by atoms with E-state index < -0.39 is 0 Å². The van der Waals surface area contributed by atoms with Crippen LogP contribution in [0.5, 0.6) is 0 Å². The summed E-state index contributed by atoms with van der Waals surface area (Å²) in [6.45, 7) is 1.90. The van der Waals surface area contributed by atoms with Crippen molar-refractivity contribution in [3.63, 3.8) is 0 Å². The fourth-order valence-corrected chi connectivity index (χ4v) is 3.93. The lowest BCUT2D eigenvalue weighted by Gasteiger charge is -2.04. The van der Waals surface area contributed by atoms with Gasteiger partial charge in [0.25, 0.3) is 5.91 Å². The summed E-state index contributed by atoms with van der Waals surface area (Å²) in [7, 11) is 0. The van der Waals surface area contributed by atoms with Crippen molar-refractivity contribution >= 4 is 50.0 Å². The number of hydrogen-bond acceptors (Lipinski definition) is 4. The van der Waals surface area contributed by atoms with E-state index in [2.05, 4.69) is 10.3 Å². The van der Waals surface area contributed by atoms with Gasteiger partial charge in [-0.25, -0.2) is 4.98 Å². The third kappa shape index (κ3) is 3.54. The first-order valence-electron chi connectivity index (χ1n) is 8.60. The standard InChI is InChI=1S/C22H15ClN2O2S/c1-13-17(23)11-12-18-19(13)24-22(28-18)25-21(27)16-9-7-15(8-10-16)20(26)14-5-3-2-4-6-14/h2-12H,1H3,(H,24,25,27). The van der Waals surface area contributed by atoms with Gasteiger partial charge in [-0.2, -0.15) is 0 Å². The summed E-state index contributed by atoms with van der Waals surface area (Å²) in [5.74, 6) is -0.354. The molecule has 1 aromatic heterocycles. The molecule has 28 heavy (non-hydrogen) atoms. The number of ketones is 1. The number of halogens is 1. The van der Waals surface area contributed by atoms with Gasteiger partial charge in [-0.15, -0.1) is 0 Å². The molecule has 1 N–H and O–H groups in total. The van der Waals surface area contributed by atoms with Crippen LogP contribution in [0.15, 0.2) is 66.7 Å². The van der Waals surface area contributed by atoms with Crippen molar-refractivity contribution in [2.24, 2.45) is 0 Å². The van der Waals surface area contributed by atoms with E-state index in [4.69, 9.17) is 11.6 Å². The number of carbonyl (C=O) groups is 2. The summed E-state index contributed by atoms with van der Waals surface area (Å²) in [6.07, 6.45) is 0. The van der Waals surface area contributed by atoms with Crippen LogP contribution in [0.2, 0.25) is 5.02 Å². The third-order valence-electron chi connectivity index (χ3n) is 4.41. The minimum absolute atomic E-state index is 0.0777. The van der Waals surface area contributed by atoms with Crippen molar-refractivity contribution in [2.75, 3.05) is 5.32 Å². The predicted molar refractivity (Wildman–Crippen MR) is 114 cm³/mol. The molecule has 4 nitrogen and oxygen atoms in total. The summed E-state index contributed by atoms with van der Waals surface area (Å²) in [6, 6.07) is 19.4. The second-order valence-corrected chi connectivity index (χ2v) is 7.70. The highest BCUT2D eigenvalue weighted by Gasteiger charge is 2.14. The molecule has 6 heteroatoms. The van der Waals surface area contributed by atoms with E-state index >= 15 is 0 Å². The summed E-state index contributed by atoms with van der Waals surface area (Å²) in [4.78, 5) is 29.5. The number of aromatic nitrogens is 1. The minimum atomic E-state index is -0.276. The highest BCUT2D eigenvalue weighted by molar-refractivity contribution is 7.22. The van der Waals surface area contributed by atoms with Gasteiger partial charge < -0.3 is 0 Å². The Hall–Kier alpha value is -3.02. The van der Waals surface area contributed by atoms with E-state index in [1.165, 1.54) is 11.3 Å². The molecule has 1 amide bonds. The van der Waals surface area contributed by atoms with E-state index in [-0.39, 0.29) is 11.7 Å². The van der Waals surface area contributed by atoms with E-state index in [9.17, 15) is 9.59 Å². The van der Waals surface area contributed by atoms with Crippen LogP contribution in [0, 0.1) is 6.92 Å². The number of benzene rings is 3. The number of rotatable bonds is 4. The Morgan fingerprint density at radius 3 is 2.25 bits per heavy atom. The largest absolute Gasteiger partial charge is 0.298 e. The zero-order valence-electron chi connectivity index (χ0n) is 14.9. The van der Waals surface area contributed by atoms with Gasteiger partial charge in [-0.05, 0) is 36.8 Å². The maximum atomic E-state index is 12.5. The lowest BCUT2D eigenvalue weighted by Crippen LogP contribution is -2.12. The van der Waals surface area contributed by atoms with E-state index in [1.807, 2.05) is 37.3 Å². The molecule has 4 rings (SSSR count). The highest BCUT2D eigenvalue weighted by Crippen LogP contribution is 2.31. The van der Waals surface area contributed by atoms with Gasteiger partial charge in [-0.3, -0.25) is 14.9 Å². The van der Waals surface area contributed by atoms with Gasteiger partial charge in [0.1, 0.15) is 0 Å². The van der Waals surface area contributed by atoms with Crippen LogP contribution in [0.4, 0.5) is 5.13 Å². The average molecular weight is 407 g/mol. The number of fused-ring (bicyclic) bond motifs is 1. The first-order chi connectivity index (χ1) is 13.5. The summed E-state index contributed by atoms with van der Waals surface area (Å²) in [5.41, 5.74) is 3.28. The average Bonchev–Trinajstić information content (AvgIpc) is 3.14. The molecule has 3 aromatic carbocycles. The number of hydrogen-bond donors (Lipinski definition) is 1. The molecule has 0 spiro atoms. The number of anilines is 1. The van der Waals surface area contributed by atoms with E-state index in [1.54, 1.807) is 36.4 Å². The normalized spacial score (nSPS) is 10.8. The zero-order valence-corrected chi connectivity index (χ0v) is 16.5. The molecular formula is C22H15ClN2O2S. The maximum absolute atomic E-state index is 12.5. The van der Waals surface area contributed by atoms with Crippen molar-refractivity contribution in [2.45, 2.75) is 6.92 Å². The van der Waals surface area contributed by atoms with Gasteiger partial charge in [0.05, 0.1) is 10.2 Å². The second kappa shape index (κ2) is 7.54. The van der Waals surface area contributed by atoms with Gasteiger partial charge >= 0.3 is 0 Å². The molecule has 0 bridgehead atoms. The Bertz CT molecular complexity index is 1180. The van der Waals surface area contributed by atoms with Crippen LogP contribution in [-0.4, -0.2) is 16.7 Å². The summed E-state index contributed by atoms with van der Waals surface area (Å²) >= 11 is 7.53. The summed E-state index contributed by atoms with van der Waals surface area (Å²) in [5, 5.41) is 3.97. The number of carbonyl (C=O) groups excluding carboxylic acids is 2. The van der Waals surface area contributed by atoms with Crippen molar-refractivity contribution in [1.29, 1.82) is 0 Å². The van der Waals surface area contributed by atoms with Crippen molar-refractivity contribution < 1.29 is 9.59 Å². The smallest absolute Gasteiger partial charge is 0.257 e. The molecule has 0 radical (unpaired) electrons. The minimum Gasteiger partial charge on any atom is -0.298 e. The van der Waals surface area contributed by atoms with Crippen LogP contribution < -0.4 is 5.32 Å². The topological polar surface area (TPSA) is 59.1 Å². The Morgan fingerprint density at radius 2 is 1.54 bits per heavy atom. The molecule has 0 saturated heterocycles. The van der Waals surface area contributed by atoms with Crippen LogP contribution in [0.25, 0.3) is 10.2 Å². The SMILES string of the molecule is Cc1c(Cl)ccc2sc(NC(=O)c3ccc(C(=O)c4ccccc4)cc3)nc12. The molecule has 0 unspecified atom stereocenters. The van der Waals surface area contributed by atoms with Crippen LogP contribution >= 0.6 is 22.9 Å². The zero-order chi connectivity index (χ0) is 19.7. The van der Waals surface area contributed by atoms with Crippen molar-refractivity contribution in [3.05, 3.63) is 94.0 Å². The fraction of sp³-hybridized carbons (Fsp3) is 0.0455. The van der Waals surface area contributed by atoms with Crippen LogP contribution in [0.1, 0.15) is 31.8 Å². The van der Waals surface area contributed by atoms with Gasteiger partial charge in [0.2, 0.25) is 0 Å². The Kier molecular flexibility index (Phi) is 4.94. The first kappa shape index (κ1) is 18.3. The lowest BCUT2D eigenvalue weighted by atomic mass is 10.0. The van der Waals surface area contributed by atoms with Gasteiger partial charge in [-0.1, -0.05) is 65.4 Å². The Morgan fingerprint density at radius 1 is 0.893 bits per heavy atom. The lowest BCUT2D eigenvalue weighted by molar-refractivity contribution is 0.102. The highest BCUT2D eigenvalue weighted by atomic mass is 35.5.